The number of hydrogen-bond acceptors (Lipinski definition) is 9. The van der Waals surface area contributed by atoms with Gasteiger partial charge in [0.1, 0.15) is 0 Å². The topological polar surface area (TPSA) is 189 Å². The van der Waals surface area contributed by atoms with Crippen LogP contribution in [0.15, 0.2) is 109 Å². The number of carbonyl (C=O) groups excluding carboxylic acids is 3. The molecule has 4 atom stereocenters. The molecule has 361 valence electrons. The summed E-state index contributed by atoms with van der Waals surface area (Å²) in [7, 11) is 1.31. The van der Waals surface area contributed by atoms with Gasteiger partial charge in [0.05, 0.1) is 66.3 Å². The number of anilines is 2. The summed E-state index contributed by atoms with van der Waals surface area (Å²) in [4.78, 5) is 36.6. The normalized spacial score (nSPS) is 16.0. The minimum absolute atomic E-state index is 0.119. The lowest BCUT2D eigenvalue weighted by atomic mass is 9.81. The molecule has 0 saturated heterocycles. The number of nitrogens with one attached hydrogen (secondary N) is 3. The first-order chi connectivity index (χ1) is 33.4. The Morgan fingerprint density at radius 3 is 1.45 bits per heavy atom. The highest BCUT2D eigenvalue weighted by molar-refractivity contribution is 6.64. The van der Waals surface area contributed by atoms with Gasteiger partial charge in [-0.1, -0.05) is 123 Å². The van der Waals surface area contributed by atoms with Crippen LogP contribution in [0.1, 0.15) is 124 Å². The van der Waals surface area contributed by atoms with Crippen molar-refractivity contribution >= 4 is 36.8 Å². The van der Waals surface area contributed by atoms with Crippen LogP contribution >= 0.6 is 0 Å². The minimum atomic E-state index is -0.694. The van der Waals surface area contributed by atoms with Crippen molar-refractivity contribution in [2.75, 3.05) is 10.6 Å². The second-order valence-electron chi connectivity index (χ2n) is 18.7. The number of aliphatic hydroxyl groups is 2. The Kier molecular flexibility index (Phi) is 17.9. The highest BCUT2D eigenvalue weighted by Gasteiger charge is 2.30. The van der Waals surface area contributed by atoms with Gasteiger partial charge in [0.2, 0.25) is 11.8 Å². The summed E-state index contributed by atoms with van der Waals surface area (Å²) in [6.07, 6.45) is 10.3. The van der Waals surface area contributed by atoms with E-state index >= 15 is 0 Å². The van der Waals surface area contributed by atoms with Crippen molar-refractivity contribution in [2.45, 2.75) is 129 Å². The molecule has 4 aromatic carbocycles. The first-order valence-corrected chi connectivity index (χ1v) is 24.6. The Balaban J connectivity index is 0.000000205. The van der Waals surface area contributed by atoms with E-state index in [9.17, 15) is 24.6 Å². The monoisotopic (exact) mass is 932 g/mol. The molecule has 2 fully saturated rings. The van der Waals surface area contributed by atoms with E-state index in [1.54, 1.807) is 13.8 Å². The number of carbonyl (C=O) groups is 3. The number of benzene rings is 4. The van der Waals surface area contributed by atoms with Gasteiger partial charge < -0.3 is 36.6 Å². The zero-order valence-electron chi connectivity index (χ0n) is 40.5. The quantitative estimate of drug-likeness (QED) is 0.0383. The van der Waals surface area contributed by atoms with Gasteiger partial charge in [-0.05, 0) is 112 Å². The van der Waals surface area contributed by atoms with E-state index in [4.69, 9.17) is 15.9 Å². The Morgan fingerprint density at radius 2 is 1.04 bits per heavy atom. The van der Waals surface area contributed by atoms with E-state index < -0.39 is 24.3 Å². The van der Waals surface area contributed by atoms with Crippen LogP contribution < -0.4 is 21.6 Å². The van der Waals surface area contributed by atoms with Crippen LogP contribution in [0.25, 0.3) is 22.3 Å². The minimum Gasteiger partial charge on any atom is -0.387 e. The van der Waals surface area contributed by atoms with Crippen LogP contribution in [0.4, 0.5) is 11.4 Å². The largest absolute Gasteiger partial charge is 0.387 e. The molecule has 0 bridgehead atoms. The molecule has 13 nitrogen and oxygen atoms in total. The zero-order chi connectivity index (χ0) is 48.9. The first-order valence-electron chi connectivity index (χ1n) is 24.6. The molecule has 2 amide bonds. The number of amides is 2. The molecule has 2 saturated carbocycles. The maximum absolute atomic E-state index is 13.1. The average molecular weight is 932 g/mol. The lowest BCUT2D eigenvalue weighted by Gasteiger charge is -2.29. The lowest BCUT2D eigenvalue weighted by Crippen LogP contribution is -2.48. The fourth-order valence-electron chi connectivity index (χ4n) is 10.1. The standard InChI is InChI=1S/C28H34BN4O3.C27H34N4O2/c1-19-25(27(20(2)35)33(32-19)17-21-9-5-3-6-10-21)22-13-15-24(16-14-22)30-28(36)26(31-29-18-34)23-11-7-4-8-12-23;1-18-24(26(19(2)32)31(30-18)17-20-9-5-3-6-10-20)21-13-15-23(16-14-21)29-27(33)25(28)22-11-7-4-8-12-22/h3,5-6,9-10,13-16,18,20,23,26,31,35H,4,7-8,11-12,17H2,1-2H3,(H,30,36);3,5-6,9-10,13-16,19,22,25,32H,4,7-8,11-12,17,28H2,1-2H3,(H,29,33)/t20?,26-;19?,25-/m00/s1. The van der Waals surface area contributed by atoms with Crippen molar-refractivity contribution in [2.24, 2.45) is 17.6 Å². The summed E-state index contributed by atoms with van der Waals surface area (Å²) in [5, 5.41) is 39.6. The predicted octanol–water partition coefficient (Wildman–Crippen LogP) is 9.05. The van der Waals surface area contributed by atoms with Gasteiger partial charge in [0.25, 0.3) is 7.41 Å². The van der Waals surface area contributed by atoms with Gasteiger partial charge in [-0.2, -0.15) is 10.2 Å². The van der Waals surface area contributed by atoms with Crippen LogP contribution in [-0.4, -0.2) is 67.3 Å². The second-order valence-corrected chi connectivity index (χ2v) is 18.7. The van der Waals surface area contributed by atoms with Gasteiger partial charge in [-0.3, -0.25) is 19.0 Å². The molecule has 7 N–H and O–H groups in total. The highest BCUT2D eigenvalue weighted by atomic mass is 16.3. The fraction of sp³-hybridized carbons (Fsp3) is 0.400. The van der Waals surface area contributed by atoms with Crippen molar-refractivity contribution in [1.82, 2.24) is 24.8 Å². The molecule has 1 radical (unpaired) electrons. The van der Waals surface area contributed by atoms with Crippen LogP contribution in [0.5, 0.6) is 0 Å². The fourth-order valence-corrected chi connectivity index (χ4v) is 10.1. The molecule has 2 aliphatic carbocycles. The Labute approximate surface area is 407 Å². The van der Waals surface area contributed by atoms with E-state index in [0.29, 0.717) is 25.0 Å². The molecule has 2 unspecified atom stereocenters. The van der Waals surface area contributed by atoms with Crippen molar-refractivity contribution in [3.63, 3.8) is 0 Å². The number of aryl methyl sites for hydroxylation is 2. The third-order valence-corrected chi connectivity index (χ3v) is 13.6. The summed E-state index contributed by atoms with van der Waals surface area (Å²) >= 11 is 0. The Morgan fingerprint density at radius 1 is 0.638 bits per heavy atom. The third-order valence-electron chi connectivity index (χ3n) is 13.6. The van der Waals surface area contributed by atoms with E-state index in [-0.39, 0.29) is 23.7 Å². The zero-order valence-corrected chi connectivity index (χ0v) is 40.5. The van der Waals surface area contributed by atoms with Gasteiger partial charge in [-0.25, -0.2) is 0 Å². The molecule has 69 heavy (non-hydrogen) atoms. The van der Waals surface area contributed by atoms with Crippen molar-refractivity contribution < 1.29 is 24.6 Å². The predicted molar refractivity (Wildman–Crippen MR) is 275 cm³/mol. The maximum atomic E-state index is 13.1. The Hall–Kier alpha value is -6.19. The number of aliphatic hydroxyl groups excluding tert-OH is 2. The molecule has 2 aromatic heterocycles. The highest BCUT2D eigenvalue weighted by Crippen LogP contribution is 2.35. The molecule has 14 heteroatoms. The van der Waals surface area contributed by atoms with Crippen molar-refractivity contribution in [1.29, 1.82) is 0 Å². The number of nitrogens with two attached hydrogens (primary N) is 1. The molecule has 2 aliphatic rings. The van der Waals surface area contributed by atoms with Gasteiger partial charge in [-0.15, -0.1) is 0 Å². The second kappa shape index (κ2) is 24.4. The smallest absolute Gasteiger partial charge is 0.291 e. The van der Waals surface area contributed by atoms with Crippen LogP contribution in [0.3, 0.4) is 0 Å². The number of aromatic nitrogens is 4. The first kappa shape index (κ1) is 50.7. The summed E-state index contributed by atoms with van der Waals surface area (Å²) < 4.78 is 3.74. The maximum Gasteiger partial charge on any atom is 0.291 e. The molecule has 0 aliphatic heterocycles. The van der Waals surface area contributed by atoms with Gasteiger partial charge in [0.15, 0.2) is 0 Å². The number of nitrogens with zero attached hydrogens (tertiary/aromatic N) is 4. The van der Waals surface area contributed by atoms with Crippen LogP contribution in [0, 0.1) is 25.7 Å². The third kappa shape index (κ3) is 13.1. The number of rotatable bonds is 17. The van der Waals surface area contributed by atoms with E-state index in [1.807, 2.05) is 120 Å². The molecule has 0 spiro atoms. The van der Waals surface area contributed by atoms with Crippen molar-refractivity contribution in [3.05, 3.63) is 143 Å². The van der Waals surface area contributed by atoms with Gasteiger partial charge >= 0.3 is 0 Å². The van der Waals surface area contributed by atoms with Gasteiger partial charge in [0, 0.05) is 22.5 Å². The van der Waals surface area contributed by atoms with E-state index in [0.717, 1.165) is 113 Å². The molecule has 6 aromatic rings. The van der Waals surface area contributed by atoms with Crippen LogP contribution in [-0.2, 0) is 27.5 Å². The van der Waals surface area contributed by atoms with E-state index in [2.05, 4.69) is 28.0 Å². The molecular weight excluding hydrogens is 863 g/mol. The average Bonchev–Trinajstić information content (AvgIpc) is 3.87. The number of hydrogen-bond donors (Lipinski definition) is 6. The van der Waals surface area contributed by atoms with E-state index in [1.165, 1.54) is 20.3 Å². The van der Waals surface area contributed by atoms with Crippen molar-refractivity contribution in [3.8, 4) is 22.3 Å². The lowest BCUT2D eigenvalue weighted by molar-refractivity contribution is -0.119. The summed E-state index contributed by atoms with van der Waals surface area (Å²) in [5.41, 5.74) is 16.9. The molecule has 2 heterocycles. The SMILES string of the molecule is Cc1nn(Cc2ccccc2)c(C(C)O)c1-c1ccc(NC(=O)[C@@H](N)C2CCCCC2)cc1.Cc1nn(Cc2ccccc2)c(C(C)O)c1-c1ccc(NC(=O)[C@@H](N[B]C=O)C2CCCCC2)cc1. The molecule has 8 rings (SSSR count). The Bertz CT molecular complexity index is 2580. The summed E-state index contributed by atoms with van der Waals surface area (Å²) in [6, 6.07) is 34.6. The molecular formula is C55H68BN8O5. The van der Waals surface area contributed by atoms with Crippen LogP contribution in [0.2, 0.25) is 0 Å². The summed E-state index contributed by atoms with van der Waals surface area (Å²) in [6.45, 7) is 8.59. The summed E-state index contributed by atoms with van der Waals surface area (Å²) in [5.74, 6) is 0.223.